The smallest absolute Gasteiger partial charge is 0.267 e. The van der Waals surface area contributed by atoms with E-state index in [2.05, 4.69) is 40.6 Å². The number of fused-ring (bicyclic) bond motifs is 1. The van der Waals surface area contributed by atoms with Crippen LogP contribution in [0.15, 0.2) is 48.5 Å². The van der Waals surface area contributed by atoms with Gasteiger partial charge in [-0.1, -0.05) is 48.2 Å². The number of piperidine rings is 1. The van der Waals surface area contributed by atoms with Crippen LogP contribution in [0.5, 0.6) is 0 Å². The van der Waals surface area contributed by atoms with E-state index >= 15 is 0 Å². The topological polar surface area (TPSA) is 56.9 Å². The molecule has 2 aliphatic rings. The molecule has 1 aliphatic heterocycles. The van der Waals surface area contributed by atoms with Crippen LogP contribution in [-0.4, -0.2) is 30.0 Å². The van der Waals surface area contributed by atoms with E-state index in [4.69, 9.17) is 23.2 Å². The van der Waals surface area contributed by atoms with Crippen LogP contribution < -0.4 is 10.6 Å². The summed E-state index contributed by atoms with van der Waals surface area (Å²) in [5.74, 6) is 0.839. The van der Waals surface area contributed by atoms with Gasteiger partial charge in [-0.15, -0.1) is 12.8 Å². The molecule has 2 fully saturated rings. The van der Waals surface area contributed by atoms with E-state index in [1.54, 1.807) is 0 Å². The third-order valence-corrected chi connectivity index (χ3v) is 6.90. The minimum Gasteiger partial charge on any atom is -0.351 e. The van der Waals surface area contributed by atoms with Gasteiger partial charge in [-0.05, 0) is 93.1 Å². The lowest BCUT2D eigenvalue weighted by atomic mass is 9.91. The lowest BCUT2D eigenvalue weighted by molar-refractivity contribution is 0.0933. The van der Waals surface area contributed by atoms with Gasteiger partial charge < -0.3 is 15.6 Å². The zero-order chi connectivity index (χ0) is 24.3. The maximum atomic E-state index is 12.1. The monoisotopic (exact) mass is 497 g/mol. The maximum absolute atomic E-state index is 12.1. The number of carbonyl (C=O) groups excluding carboxylic acids is 1. The minimum absolute atomic E-state index is 0.0192. The van der Waals surface area contributed by atoms with Gasteiger partial charge in [0.25, 0.3) is 5.91 Å². The Labute approximate surface area is 212 Å². The van der Waals surface area contributed by atoms with Crippen molar-refractivity contribution >= 4 is 40.0 Å². The number of hydrogen-bond donors (Lipinski definition) is 3. The van der Waals surface area contributed by atoms with Gasteiger partial charge in [0.05, 0.1) is 0 Å². The molecule has 0 radical (unpaired) electrons. The van der Waals surface area contributed by atoms with E-state index in [0.717, 1.165) is 34.7 Å². The fourth-order valence-electron chi connectivity index (χ4n) is 4.60. The fraction of sp³-hybridized carbons (Fsp3) is 0.393. The molecule has 1 amide bonds. The summed E-state index contributed by atoms with van der Waals surface area (Å²) in [5.41, 5.74) is 2.97. The molecule has 1 aliphatic carbocycles. The Morgan fingerprint density at radius 3 is 2.24 bits per heavy atom. The number of nitrogens with one attached hydrogen (secondary N) is 3. The molecule has 0 unspecified atom stereocenters. The lowest BCUT2D eigenvalue weighted by Crippen LogP contribution is -2.32. The van der Waals surface area contributed by atoms with Crippen molar-refractivity contribution in [3.63, 3.8) is 0 Å². The van der Waals surface area contributed by atoms with Crippen LogP contribution in [0.25, 0.3) is 10.9 Å². The van der Waals surface area contributed by atoms with E-state index < -0.39 is 0 Å². The van der Waals surface area contributed by atoms with Crippen molar-refractivity contribution in [1.82, 2.24) is 15.6 Å². The molecule has 5 rings (SSSR count). The van der Waals surface area contributed by atoms with E-state index in [0.29, 0.717) is 16.8 Å². The van der Waals surface area contributed by atoms with Gasteiger partial charge in [0, 0.05) is 27.0 Å². The summed E-state index contributed by atoms with van der Waals surface area (Å²) in [6.07, 6.45) is 16.4. The predicted molar refractivity (Wildman–Crippen MR) is 144 cm³/mol. The molecule has 0 atom stereocenters. The molecule has 34 heavy (non-hydrogen) atoms. The number of aromatic nitrogens is 1. The minimum atomic E-state index is -0.0192. The Balaban J connectivity index is 0.000000183. The van der Waals surface area contributed by atoms with Crippen molar-refractivity contribution in [3.05, 3.63) is 69.8 Å². The van der Waals surface area contributed by atoms with Crippen molar-refractivity contribution in [2.75, 3.05) is 13.1 Å². The van der Waals surface area contributed by atoms with E-state index in [1.165, 1.54) is 50.8 Å². The van der Waals surface area contributed by atoms with Gasteiger partial charge in [0.2, 0.25) is 0 Å². The molecule has 6 heteroatoms. The predicted octanol–water partition coefficient (Wildman–Crippen LogP) is 6.63. The Kier molecular flexibility index (Phi) is 10.3. The molecule has 1 aromatic heterocycles. The number of amides is 1. The van der Waals surface area contributed by atoms with Crippen LogP contribution in [0.1, 0.15) is 54.6 Å². The van der Waals surface area contributed by atoms with Crippen LogP contribution in [0.3, 0.4) is 0 Å². The summed E-state index contributed by atoms with van der Waals surface area (Å²) in [5, 5.41) is 8.94. The highest BCUT2D eigenvalue weighted by Crippen LogP contribution is 2.22. The van der Waals surface area contributed by atoms with E-state index in [1.807, 2.05) is 36.4 Å². The number of hydrogen-bond acceptors (Lipinski definition) is 2. The number of rotatable bonds is 4. The molecular weight excluding hydrogens is 465 g/mol. The standard InChI is InChI=1S/C14H15ClN2O.C12H16ClN.C2H2/c15-10-5-6-12-9(7-10)8-13(17-12)14(18)16-11-3-1-2-4-11;13-12-3-1-10(2-4-12)9-11-5-7-14-8-6-11;1-2/h5-8,11,17H,1-4H2,(H,16,18);1-4,11,14H,5-9H2;1-2H. The summed E-state index contributed by atoms with van der Waals surface area (Å²) >= 11 is 11.8. The van der Waals surface area contributed by atoms with Crippen LogP contribution >= 0.6 is 23.2 Å². The van der Waals surface area contributed by atoms with E-state index in [-0.39, 0.29) is 5.91 Å². The Morgan fingerprint density at radius 1 is 0.912 bits per heavy atom. The van der Waals surface area contributed by atoms with Gasteiger partial charge in [-0.3, -0.25) is 4.79 Å². The van der Waals surface area contributed by atoms with Crippen LogP contribution in [0, 0.1) is 18.8 Å². The molecule has 0 bridgehead atoms. The second-order valence-electron chi connectivity index (χ2n) is 8.89. The van der Waals surface area contributed by atoms with Gasteiger partial charge in [0.15, 0.2) is 0 Å². The summed E-state index contributed by atoms with van der Waals surface area (Å²) in [4.78, 5) is 15.2. The molecular formula is C28H33Cl2N3O. The highest BCUT2D eigenvalue weighted by atomic mass is 35.5. The van der Waals surface area contributed by atoms with Crippen molar-refractivity contribution < 1.29 is 4.79 Å². The zero-order valence-electron chi connectivity index (χ0n) is 19.5. The summed E-state index contributed by atoms with van der Waals surface area (Å²) in [7, 11) is 0. The third kappa shape index (κ3) is 7.81. The number of H-pyrrole nitrogens is 1. The number of benzene rings is 2. The number of terminal acetylenes is 1. The SMILES string of the molecule is C#C.Clc1ccc(CC2CCNCC2)cc1.O=C(NC1CCCC1)c1cc2cc(Cl)ccc2[nH]1. The zero-order valence-corrected chi connectivity index (χ0v) is 21.0. The number of halogens is 2. The van der Waals surface area contributed by atoms with Crippen molar-refractivity contribution in [1.29, 1.82) is 0 Å². The first-order valence-corrected chi connectivity index (χ1v) is 12.7. The van der Waals surface area contributed by atoms with Crippen molar-refractivity contribution in [2.24, 2.45) is 5.92 Å². The quantitative estimate of drug-likeness (QED) is 0.354. The Bertz CT molecular complexity index is 1060. The fourth-order valence-corrected chi connectivity index (χ4v) is 4.91. The van der Waals surface area contributed by atoms with Gasteiger partial charge in [-0.2, -0.15) is 0 Å². The molecule has 180 valence electrons. The Hall–Kier alpha value is -2.45. The summed E-state index contributed by atoms with van der Waals surface area (Å²) in [6, 6.07) is 16.0. The van der Waals surface area contributed by atoms with Crippen LogP contribution in [0.2, 0.25) is 10.0 Å². The Morgan fingerprint density at radius 2 is 1.56 bits per heavy atom. The van der Waals surface area contributed by atoms with E-state index in [9.17, 15) is 4.79 Å². The average molecular weight is 498 g/mol. The molecule has 1 saturated heterocycles. The first kappa shape index (κ1) is 26.2. The average Bonchev–Trinajstić information content (AvgIpc) is 3.52. The van der Waals surface area contributed by atoms with Gasteiger partial charge >= 0.3 is 0 Å². The normalized spacial score (nSPS) is 16.2. The molecule has 4 nitrogen and oxygen atoms in total. The summed E-state index contributed by atoms with van der Waals surface area (Å²) < 4.78 is 0. The molecule has 0 spiro atoms. The number of carbonyl (C=O) groups is 1. The van der Waals surface area contributed by atoms with Crippen LogP contribution in [-0.2, 0) is 6.42 Å². The molecule has 3 aromatic rings. The molecule has 1 saturated carbocycles. The highest BCUT2D eigenvalue weighted by molar-refractivity contribution is 6.31. The molecule has 3 N–H and O–H groups in total. The van der Waals surface area contributed by atoms with Crippen molar-refractivity contribution in [2.45, 2.75) is 51.0 Å². The molecule has 2 aromatic carbocycles. The number of aromatic amines is 1. The summed E-state index contributed by atoms with van der Waals surface area (Å²) in [6.45, 7) is 2.36. The second kappa shape index (κ2) is 13.4. The molecule has 2 heterocycles. The third-order valence-electron chi connectivity index (χ3n) is 6.41. The largest absolute Gasteiger partial charge is 0.351 e. The van der Waals surface area contributed by atoms with Crippen molar-refractivity contribution in [3.8, 4) is 12.8 Å². The van der Waals surface area contributed by atoms with Gasteiger partial charge in [0.1, 0.15) is 5.69 Å². The first-order valence-electron chi connectivity index (χ1n) is 11.9. The highest BCUT2D eigenvalue weighted by Gasteiger charge is 2.19. The maximum Gasteiger partial charge on any atom is 0.267 e. The lowest BCUT2D eigenvalue weighted by Gasteiger charge is -2.22. The van der Waals surface area contributed by atoms with Gasteiger partial charge in [-0.25, -0.2) is 0 Å². The second-order valence-corrected chi connectivity index (χ2v) is 9.77. The van der Waals surface area contributed by atoms with Crippen LogP contribution in [0.4, 0.5) is 0 Å². The first-order chi connectivity index (χ1) is 16.6.